The van der Waals surface area contributed by atoms with Crippen LogP contribution in [0.1, 0.15) is 89.0 Å². The SMILES string of the molecule is CC1/C=C\C=C/C/C(C2=CC(C3C=CC=NC3C3C=CC=CC3)=CCC2)=c2/cccc/c2=C/1C1=c2cccc(C3CCCCC3)c2=CCC1. The molecule has 1 fully saturated rings. The molecule has 0 aromatic heterocycles. The van der Waals surface area contributed by atoms with E-state index in [0.717, 1.165) is 38.5 Å². The van der Waals surface area contributed by atoms with Crippen molar-refractivity contribution in [1.82, 2.24) is 0 Å². The van der Waals surface area contributed by atoms with Crippen molar-refractivity contribution in [3.63, 3.8) is 0 Å². The van der Waals surface area contributed by atoms with Crippen LogP contribution >= 0.6 is 0 Å². The summed E-state index contributed by atoms with van der Waals surface area (Å²) in [7, 11) is 0. The molecule has 1 heteroatoms. The van der Waals surface area contributed by atoms with Crippen LogP contribution in [-0.4, -0.2) is 12.3 Å². The molecule has 0 N–H and O–H groups in total. The van der Waals surface area contributed by atoms with Crippen molar-refractivity contribution >= 4 is 29.0 Å². The average molecular weight is 642 g/mol. The fraction of sp³-hybridized carbons (Fsp3) is 0.354. The summed E-state index contributed by atoms with van der Waals surface area (Å²) in [6.45, 7) is 2.42. The van der Waals surface area contributed by atoms with Crippen molar-refractivity contribution in [2.45, 2.75) is 89.5 Å². The van der Waals surface area contributed by atoms with Crippen LogP contribution in [0.4, 0.5) is 0 Å². The van der Waals surface area contributed by atoms with E-state index in [0.29, 0.717) is 23.7 Å². The van der Waals surface area contributed by atoms with E-state index < -0.39 is 0 Å². The minimum Gasteiger partial charge on any atom is -0.288 e. The zero-order chi connectivity index (χ0) is 33.0. The Bertz CT molecular complexity index is 2080. The summed E-state index contributed by atoms with van der Waals surface area (Å²) < 4.78 is 0. The molecule has 0 spiro atoms. The van der Waals surface area contributed by atoms with Crippen LogP contribution in [0.15, 0.2) is 132 Å². The van der Waals surface area contributed by atoms with Gasteiger partial charge in [0.05, 0.1) is 6.04 Å². The summed E-state index contributed by atoms with van der Waals surface area (Å²) in [6, 6.07) is 16.8. The number of benzene rings is 2. The zero-order valence-corrected chi connectivity index (χ0v) is 29.2. The number of hydrogen-bond donors (Lipinski definition) is 0. The molecule has 1 heterocycles. The molecule has 49 heavy (non-hydrogen) atoms. The van der Waals surface area contributed by atoms with Gasteiger partial charge in [0.1, 0.15) is 0 Å². The number of allylic oxidation sites excluding steroid dienone is 11. The lowest BCUT2D eigenvalue weighted by Gasteiger charge is -2.32. The quantitative estimate of drug-likeness (QED) is 0.309. The maximum atomic E-state index is 5.06. The molecule has 2 aromatic rings. The highest BCUT2D eigenvalue weighted by Crippen LogP contribution is 2.37. The lowest BCUT2D eigenvalue weighted by molar-refractivity contribution is 0.440. The number of aliphatic imine (C=N–C) groups is 1. The second-order valence-corrected chi connectivity index (χ2v) is 14.9. The maximum Gasteiger partial charge on any atom is 0.0668 e. The number of nitrogens with zero attached hydrogens (tertiary/aromatic N) is 1. The highest BCUT2D eigenvalue weighted by molar-refractivity contribution is 5.91. The molecular weight excluding hydrogens is 591 g/mol. The summed E-state index contributed by atoms with van der Waals surface area (Å²) >= 11 is 0. The predicted octanol–water partition coefficient (Wildman–Crippen LogP) is 9.02. The number of fused-ring (bicyclic) bond motifs is 2. The minimum absolute atomic E-state index is 0.248. The van der Waals surface area contributed by atoms with Gasteiger partial charge in [-0.05, 0) is 118 Å². The largest absolute Gasteiger partial charge is 0.288 e. The van der Waals surface area contributed by atoms with Gasteiger partial charge in [-0.15, -0.1) is 0 Å². The van der Waals surface area contributed by atoms with Gasteiger partial charge in [0, 0.05) is 24.0 Å². The molecule has 6 aliphatic rings. The molecule has 8 rings (SSSR count). The van der Waals surface area contributed by atoms with E-state index >= 15 is 0 Å². The normalized spacial score (nSPS) is 30.4. The van der Waals surface area contributed by atoms with Gasteiger partial charge < -0.3 is 0 Å². The second-order valence-electron chi connectivity index (χ2n) is 14.9. The third kappa shape index (κ3) is 6.58. The second kappa shape index (κ2) is 14.7. The number of dihydropyridines is 1. The monoisotopic (exact) mass is 641 g/mol. The fourth-order valence-corrected chi connectivity index (χ4v) is 9.55. The first kappa shape index (κ1) is 32.0. The van der Waals surface area contributed by atoms with Crippen molar-refractivity contribution in [3.05, 3.63) is 153 Å². The van der Waals surface area contributed by atoms with Crippen LogP contribution in [0.2, 0.25) is 0 Å². The van der Waals surface area contributed by atoms with Crippen LogP contribution in [0, 0.1) is 17.8 Å². The zero-order valence-electron chi connectivity index (χ0n) is 29.2. The Balaban J connectivity index is 1.31. The van der Waals surface area contributed by atoms with E-state index in [1.165, 1.54) is 75.3 Å². The Labute approximate surface area is 293 Å². The third-order valence-electron chi connectivity index (χ3n) is 11.9. The van der Waals surface area contributed by atoms with Crippen LogP contribution in [0.5, 0.6) is 0 Å². The highest BCUT2D eigenvalue weighted by atomic mass is 14.8. The summed E-state index contributed by atoms with van der Waals surface area (Å²) in [5.74, 6) is 1.76. The molecule has 4 unspecified atom stereocenters. The molecule has 1 aliphatic heterocycles. The van der Waals surface area contributed by atoms with E-state index in [2.05, 4.69) is 128 Å². The van der Waals surface area contributed by atoms with Crippen molar-refractivity contribution in [3.8, 4) is 0 Å². The fourth-order valence-electron chi connectivity index (χ4n) is 9.55. The number of hydrogen-bond acceptors (Lipinski definition) is 1. The molecule has 0 radical (unpaired) electrons. The Morgan fingerprint density at radius 2 is 1.51 bits per heavy atom. The minimum atomic E-state index is 0.248. The lowest BCUT2D eigenvalue weighted by atomic mass is 9.76. The first-order chi connectivity index (χ1) is 24.3. The Hall–Kier alpha value is -4.23. The van der Waals surface area contributed by atoms with E-state index in [4.69, 9.17) is 4.99 Å². The first-order valence-electron chi connectivity index (χ1n) is 19.2. The molecule has 1 saturated carbocycles. The Kier molecular flexibility index (Phi) is 9.61. The van der Waals surface area contributed by atoms with Gasteiger partial charge in [0.15, 0.2) is 0 Å². The van der Waals surface area contributed by atoms with Crippen LogP contribution in [0.25, 0.3) is 22.8 Å². The summed E-state index contributed by atoms with van der Waals surface area (Å²) in [5, 5.41) is 5.85. The third-order valence-corrected chi connectivity index (χ3v) is 11.9. The molecular formula is C48H51N. The van der Waals surface area contributed by atoms with Crippen LogP contribution in [0.3, 0.4) is 0 Å². The Morgan fingerprint density at radius 1 is 0.694 bits per heavy atom. The molecule has 0 bridgehead atoms. The van der Waals surface area contributed by atoms with Crippen molar-refractivity contribution < 1.29 is 0 Å². The van der Waals surface area contributed by atoms with Gasteiger partial charge in [0.25, 0.3) is 0 Å². The number of rotatable bonds is 5. The topological polar surface area (TPSA) is 12.4 Å². The van der Waals surface area contributed by atoms with Crippen LogP contribution in [-0.2, 0) is 0 Å². The average Bonchev–Trinajstić information content (AvgIpc) is 3.17. The van der Waals surface area contributed by atoms with Gasteiger partial charge in [0.2, 0.25) is 0 Å². The van der Waals surface area contributed by atoms with E-state index in [-0.39, 0.29) is 6.04 Å². The molecule has 248 valence electrons. The smallest absolute Gasteiger partial charge is 0.0668 e. The van der Waals surface area contributed by atoms with Crippen molar-refractivity contribution in [2.75, 3.05) is 0 Å². The van der Waals surface area contributed by atoms with Gasteiger partial charge >= 0.3 is 0 Å². The Morgan fingerprint density at radius 3 is 2.39 bits per heavy atom. The lowest BCUT2D eigenvalue weighted by Crippen LogP contribution is -2.38. The van der Waals surface area contributed by atoms with Gasteiger partial charge in [-0.3, -0.25) is 4.99 Å². The summed E-state index contributed by atoms with van der Waals surface area (Å²) in [6.07, 6.45) is 45.8. The molecule has 2 aromatic carbocycles. The molecule has 0 amide bonds. The molecule has 0 saturated heterocycles. The van der Waals surface area contributed by atoms with Crippen molar-refractivity contribution in [2.24, 2.45) is 22.7 Å². The molecule has 1 nitrogen and oxygen atoms in total. The van der Waals surface area contributed by atoms with E-state index in [1.54, 1.807) is 11.1 Å². The van der Waals surface area contributed by atoms with Gasteiger partial charge in [-0.25, -0.2) is 0 Å². The van der Waals surface area contributed by atoms with Gasteiger partial charge in [-0.1, -0.05) is 142 Å². The van der Waals surface area contributed by atoms with Crippen LogP contribution < -0.4 is 20.9 Å². The van der Waals surface area contributed by atoms with E-state index in [1.807, 2.05) is 6.21 Å². The van der Waals surface area contributed by atoms with E-state index in [9.17, 15) is 0 Å². The highest BCUT2D eigenvalue weighted by Gasteiger charge is 2.30. The summed E-state index contributed by atoms with van der Waals surface area (Å²) in [4.78, 5) is 5.06. The predicted molar refractivity (Wildman–Crippen MR) is 210 cm³/mol. The summed E-state index contributed by atoms with van der Waals surface area (Å²) in [5.41, 5.74) is 9.10. The molecule has 5 aliphatic carbocycles. The maximum absolute atomic E-state index is 5.06. The van der Waals surface area contributed by atoms with Gasteiger partial charge in [-0.2, -0.15) is 0 Å². The standard InChI is InChI=1S/C48H51N/c1-34-17-5-2-10-24-40(37-22-13-23-38(33-37)41-31-16-32-49-48(41)36-20-8-4-9-21-36)43-25-11-12-26-45(43)47(34)46-30-15-28-42-39(27-14-29-44(42)46)35-18-6-3-7-19-35/h2,4-5,8-12,14,16-17,20,23,25-29,31-36,41,48H,3,6-7,13,15,18-19,21-22,24,30H2,1H3/b10-2-,17-5-,43-40+,47-45+. The molecule has 4 atom stereocenters. The van der Waals surface area contributed by atoms with Crippen molar-refractivity contribution in [1.29, 1.82) is 0 Å². The first-order valence-corrected chi connectivity index (χ1v) is 19.2.